The predicted molar refractivity (Wildman–Crippen MR) is 255 cm³/mol. The molecule has 3 saturated heterocycles. The van der Waals surface area contributed by atoms with Crippen molar-refractivity contribution in [2.75, 3.05) is 56.0 Å². The SMILES string of the molecule is CC1(C)CCC2(CC1)N[C@@H](C(=O)NC1CCC(CN3CCN(CCC#Cc4cccn5c(N6CCC(=O)NC6=O)cnc45)CC3)CC1)[C@H](c1ccnc(Cl)c1F)[C@]21C(=O)Nc2cc(Cl)ccc21. The maximum Gasteiger partial charge on any atom is 0.329 e. The molecule has 10 rings (SSSR count). The topological polar surface area (TPSA) is 156 Å². The van der Waals surface area contributed by atoms with Crippen LogP contribution in [0.3, 0.4) is 0 Å². The summed E-state index contributed by atoms with van der Waals surface area (Å²) in [4.78, 5) is 68.9. The van der Waals surface area contributed by atoms with Gasteiger partial charge in [-0.1, -0.05) is 55.0 Å². The molecule has 14 nitrogen and oxygen atoms in total. The molecule has 0 radical (unpaired) electrons. The van der Waals surface area contributed by atoms with Crippen molar-refractivity contribution < 1.29 is 23.6 Å². The summed E-state index contributed by atoms with van der Waals surface area (Å²) in [6.07, 6.45) is 12.5. The van der Waals surface area contributed by atoms with E-state index in [9.17, 15) is 19.2 Å². The van der Waals surface area contributed by atoms with Crippen molar-refractivity contribution in [1.82, 2.24) is 40.1 Å². The number of hydrogen-bond donors (Lipinski definition) is 4. The molecular weight excluding hydrogens is 895 g/mol. The number of benzene rings is 1. The number of piperazine rings is 1. The maximum atomic E-state index is 16.4. The molecule has 0 unspecified atom stereocenters. The zero-order valence-corrected chi connectivity index (χ0v) is 39.5. The van der Waals surface area contributed by atoms with Crippen LogP contribution in [-0.2, 0) is 19.8 Å². The van der Waals surface area contributed by atoms with Gasteiger partial charge in [0.05, 0.1) is 17.8 Å². The molecule has 4 aromatic rings. The smallest absolute Gasteiger partial charge is 0.329 e. The highest BCUT2D eigenvalue weighted by atomic mass is 35.5. The first-order valence-corrected chi connectivity index (χ1v) is 24.5. The fraction of sp³-hybridized carbons (Fsp3) is 0.520. The molecule has 3 atom stereocenters. The maximum absolute atomic E-state index is 16.4. The third kappa shape index (κ3) is 8.36. The summed E-state index contributed by atoms with van der Waals surface area (Å²) in [5.74, 6) is 5.36. The summed E-state index contributed by atoms with van der Waals surface area (Å²) in [6, 6.07) is 9.39. The lowest BCUT2D eigenvalue weighted by Crippen LogP contribution is -2.61. The molecule has 352 valence electrons. The van der Waals surface area contributed by atoms with Crippen LogP contribution < -0.4 is 26.2 Å². The molecule has 7 heterocycles. The van der Waals surface area contributed by atoms with E-state index >= 15 is 4.39 Å². The summed E-state index contributed by atoms with van der Waals surface area (Å²) in [5, 5.41) is 12.8. The summed E-state index contributed by atoms with van der Waals surface area (Å²) in [5.41, 5.74) is 0.865. The Morgan fingerprint density at radius 3 is 2.46 bits per heavy atom. The number of imide groups is 1. The summed E-state index contributed by atoms with van der Waals surface area (Å²) in [6.45, 7) is 10.6. The second-order valence-corrected chi connectivity index (χ2v) is 21.0. The number of hydrogen-bond acceptors (Lipinski definition) is 9. The van der Waals surface area contributed by atoms with Crippen molar-refractivity contribution >= 4 is 64.1 Å². The van der Waals surface area contributed by atoms with Crippen LogP contribution in [0.15, 0.2) is 55.0 Å². The summed E-state index contributed by atoms with van der Waals surface area (Å²) in [7, 11) is 0. The van der Waals surface area contributed by atoms with E-state index in [1.165, 1.54) is 11.1 Å². The van der Waals surface area contributed by atoms with E-state index in [0.717, 1.165) is 95.3 Å². The fourth-order valence-electron chi connectivity index (χ4n) is 12.1. The van der Waals surface area contributed by atoms with Crippen LogP contribution in [0.5, 0.6) is 0 Å². The Morgan fingerprint density at radius 1 is 0.940 bits per heavy atom. The van der Waals surface area contributed by atoms with Gasteiger partial charge in [-0.05, 0) is 104 Å². The number of carbonyl (C=O) groups excluding carboxylic acids is 4. The van der Waals surface area contributed by atoms with Gasteiger partial charge in [-0.25, -0.2) is 19.2 Å². The van der Waals surface area contributed by atoms with E-state index in [1.54, 1.807) is 24.4 Å². The number of nitrogens with zero attached hydrogens (tertiary/aromatic N) is 6. The van der Waals surface area contributed by atoms with E-state index in [4.69, 9.17) is 23.2 Å². The van der Waals surface area contributed by atoms with Crippen molar-refractivity contribution in [3.8, 4) is 11.8 Å². The Morgan fingerprint density at radius 2 is 1.70 bits per heavy atom. The van der Waals surface area contributed by atoms with Crippen LogP contribution in [0.1, 0.15) is 101 Å². The Labute approximate surface area is 400 Å². The van der Waals surface area contributed by atoms with Crippen LogP contribution in [0.2, 0.25) is 10.2 Å². The van der Waals surface area contributed by atoms with Gasteiger partial charge in [-0.3, -0.25) is 39.2 Å². The third-order valence-electron chi connectivity index (χ3n) is 15.7. The van der Waals surface area contributed by atoms with Crippen LogP contribution in [0.25, 0.3) is 5.65 Å². The molecule has 5 amide bonds. The van der Waals surface area contributed by atoms with Gasteiger partial charge in [0.1, 0.15) is 11.2 Å². The number of rotatable bonds is 8. The van der Waals surface area contributed by atoms with Crippen molar-refractivity contribution in [2.45, 2.75) is 107 Å². The van der Waals surface area contributed by atoms with E-state index in [1.807, 2.05) is 28.8 Å². The number of halogens is 3. The molecule has 5 fully saturated rings. The number of aromatic nitrogens is 3. The second-order valence-electron chi connectivity index (χ2n) is 20.2. The Hall–Kier alpha value is -5.11. The number of pyridine rings is 2. The largest absolute Gasteiger partial charge is 0.352 e. The molecule has 1 aromatic carbocycles. The zero-order valence-electron chi connectivity index (χ0n) is 38.0. The molecule has 2 spiro atoms. The molecule has 67 heavy (non-hydrogen) atoms. The molecule has 4 aliphatic heterocycles. The molecule has 6 aliphatic rings. The molecule has 0 bridgehead atoms. The first kappa shape index (κ1) is 45.7. The van der Waals surface area contributed by atoms with E-state index in [-0.39, 0.29) is 46.3 Å². The minimum atomic E-state index is -1.31. The Balaban J connectivity index is 0.752. The quantitative estimate of drug-likeness (QED) is 0.112. The van der Waals surface area contributed by atoms with Crippen molar-refractivity contribution in [3.63, 3.8) is 0 Å². The third-order valence-corrected chi connectivity index (χ3v) is 16.2. The number of carbonyl (C=O) groups is 4. The fourth-order valence-corrected chi connectivity index (χ4v) is 12.5. The van der Waals surface area contributed by atoms with E-state index in [2.05, 4.69) is 66.7 Å². The Bertz CT molecular complexity index is 2670. The van der Waals surface area contributed by atoms with Crippen LogP contribution in [-0.4, -0.2) is 111 Å². The summed E-state index contributed by atoms with van der Waals surface area (Å²) < 4.78 is 18.2. The van der Waals surface area contributed by atoms with Crippen LogP contribution >= 0.6 is 23.2 Å². The minimum absolute atomic E-state index is 0.0399. The number of fused-ring (bicyclic) bond motifs is 4. The zero-order chi connectivity index (χ0) is 46.7. The van der Waals surface area contributed by atoms with Crippen LogP contribution in [0.4, 0.5) is 20.7 Å². The lowest BCUT2D eigenvalue weighted by Gasteiger charge is -2.50. The Kier molecular flexibility index (Phi) is 12.3. The lowest BCUT2D eigenvalue weighted by atomic mass is 9.53. The van der Waals surface area contributed by atoms with Gasteiger partial charge in [0.15, 0.2) is 16.6 Å². The van der Waals surface area contributed by atoms with E-state index < -0.39 is 34.8 Å². The number of urea groups is 1. The van der Waals surface area contributed by atoms with Gasteiger partial charge < -0.3 is 15.5 Å². The van der Waals surface area contributed by atoms with E-state index in [0.29, 0.717) is 47.5 Å². The molecule has 3 aromatic heterocycles. The number of nitrogens with one attached hydrogen (secondary N) is 4. The average Bonchev–Trinajstić information content (AvgIpc) is 3.96. The second kappa shape index (κ2) is 18.1. The molecule has 2 aliphatic carbocycles. The average molecular weight is 952 g/mol. The van der Waals surface area contributed by atoms with Crippen molar-refractivity contribution in [3.05, 3.63) is 87.7 Å². The molecule has 17 heteroatoms. The molecule has 2 saturated carbocycles. The van der Waals surface area contributed by atoms with Gasteiger partial charge in [0.25, 0.3) is 0 Å². The standard InChI is InChI=1S/C50H57Cl2FN10O4/c1-48(2)16-18-49(19-17-48)50(36-13-10-33(51)28-37(36)57-46(50)66)40(35-14-20-54-43(52)41(35)53)42(59-49)45(65)56-34-11-8-31(9-12-34)30-61-26-24-60(25-27-61)21-4-3-6-32-7-5-22-62-39(29-55-44(32)62)63-23-15-38(64)58-47(63)67/h5,7,10,13-14,20,22,28-29,31,34,40,42,59H,4,8-9,11-12,15-19,21,23-27,30H2,1-2H3,(H,56,65)(H,57,66)(H,58,64,67)/t31?,34?,40-,42+,50+/m0/s1. The van der Waals surface area contributed by atoms with Gasteiger partial charge in [-0.2, -0.15) is 0 Å². The van der Waals surface area contributed by atoms with Gasteiger partial charge in [0.2, 0.25) is 17.7 Å². The number of anilines is 2. The normalized spacial score (nSPS) is 27.2. The predicted octanol–water partition coefficient (Wildman–Crippen LogP) is 6.64. The van der Waals surface area contributed by atoms with Crippen molar-refractivity contribution in [2.24, 2.45) is 11.3 Å². The van der Waals surface area contributed by atoms with Gasteiger partial charge in [-0.15, -0.1) is 0 Å². The first-order valence-electron chi connectivity index (χ1n) is 23.8. The lowest BCUT2D eigenvalue weighted by molar-refractivity contribution is -0.125. The molecule has 4 N–H and O–H groups in total. The monoisotopic (exact) mass is 950 g/mol. The first-order chi connectivity index (χ1) is 32.2. The van der Waals surface area contributed by atoms with Gasteiger partial charge >= 0.3 is 6.03 Å². The highest BCUT2D eigenvalue weighted by Gasteiger charge is 2.73. The van der Waals surface area contributed by atoms with Gasteiger partial charge in [0, 0.05) is 99.3 Å². The summed E-state index contributed by atoms with van der Waals surface area (Å²) >= 11 is 12.8. The number of amides is 5. The minimum Gasteiger partial charge on any atom is -0.352 e. The molecular formula is C50H57Cl2FN10O4. The van der Waals surface area contributed by atoms with Crippen LogP contribution in [0, 0.1) is 29.0 Å². The highest BCUT2D eigenvalue weighted by molar-refractivity contribution is 6.31. The highest BCUT2D eigenvalue weighted by Crippen LogP contribution is 2.64. The number of imidazole rings is 1. The van der Waals surface area contributed by atoms with Crippen molar-refractivity contribution in [1.29, 1.82) is 0 Å².